The van der Waals surface area contributed by atoms with Gasteiger partial charge in [-0.05, 0) is 52.8 Å². The molecule has 0 spiro atoms. The van der Waals surface area contributed by atoms with Crippen molar-refractivity contribution >= 4 is 0 Å². The highest BCUT2D eigenvalue weighted by atomic mass is 15.0. The summed E-state index contributed by atoms with van der Waals surface area (Å²) in [6.07, 6.45) is 1.65. The van der Waals surface area contributed by atoms with E-state index < -0.39 is 0 Å². The smallest absolute Gasteiger partial charge is 0.0198 e. The van der Waals surface area contributed by atoms with Gasteiger partial charge in [0.25, 0.3) is 0 Å². The summed E-state index contributed by atoms with van der Waals surface area (Å²) in [7, 11) is 0. The van der Waals surface area contributed by atoms with Gasteiger partial charge in [-0.1, -0.05) is 13.8 Å². The molecule has 0 nitrogen and oxygen atoms in total. The fourth-order valence-corrected chi connectivity index (χ4v) is 7.13. The van der Waals surface area contributed by atoms with E-state index in [9.17, 15) is 0 Å². The van der Waals surface area contributed by atoms with E-state index in [2.05, 4.69) is 13.8 Å². The van der Waals surface area contributed by atoms with E-state index in [1.807, 2.05) is 0 Å². The molecular weight excluding hydrogens is 132 g/mol. The topological polar surface area (TPSA) is 0 Å². The molecule has 0 saturated heterocycles. The van der Waals surface area contributed by atoms with Crippen LogP contribution in [0.15, 0.2) is 0 Å². The average Bonchev–Trinajstić information content (AvgIpc) is 2.40. The zero-order valence-electron chi connectivity index (χ0n) is 7.17. The Morgan fingerprint density at radius 3 is 1.55 bits per heavy atom. The first kappa shape index (κ1) is 4.89. The molecule has 6 aliphatic carbocycles. The van der Waals surface area contributed by atoms with Crippen molar-refractivity contribution in [3.63, 3.8) is 0 Å². The first-order valence-corrected chi connectivity index (χ1v) is 5.22. The second kappa shape index (κ2) is 0.843. The van der Waals surface area contributed by atoms with Crippen molar-refractivity contribution in [1.82, 2.24) is 0 Å². The molecular formula is C11H14. The van der Waals surface area contributed by atoms with Crippen LogP contribution in [0.5, 0.6) is 0 Å². The van der Waals surface area contributed by atoms with E-state index >= 15 is 0 Å². The molecule has 0 aromatic carbocycles. The Bertz CT molecular complexity index is 253. The Morgan fingerprint density at radius 2 is 1.18 bits per heavy atom. The van der Waals surface area contributed by atoms with Crippen LogP contribution in [0.25, 0.3) is 0 Å². The fraction of sp³-hybridized carbons (Fsp3) is 1.00. The third-order valence-corrected chi connectivity index (χ3v) is 7.09. The second-order valence-corrected chi connectivity index (χ2v) is 6.23. The summed E-state index contributed by atoms with van der Waals surface area (Å²) in [5.74, 6) is 7.39. The quantitative estimate of drug-likeness (QED) is 0.491. The first-order valence-electron chi connectivity index (χ1n) is 5.22. The monoisotopic (exact) mass is 146 g/mol. The molecule has 0 aliphatic heterocycles. The molecule has 0 heteroatoms. The van der Waals surface area contributed by atoms with Crippen LogP contribution in [-0.2, 0) is 0 Å². The maximum Gasteiger partial charge on any atom is -0.0198 e. The van der Waals surface area contributed by atoms with Crippen LogP contribution >= 0.6 is 0 Å². The van der Waals surface area contributed by atoms with Crippen molar-refractivity contribution in [2.45, 2.75) is 20.3 Å². The van der Waals surface area contributed by atoms with Crippen molar-refractivity contribution in [2.24, 2.45) is 46.3 Å². The van der Waals surface area contributed by atoms with Crippen molar-refractivity contribution in [3.8, 4) is 0 Å². The predicted octanol–water partition coefficient (Wildman–Crippen LogP) is 2.15. The summed E-state index contributed by atoms with van der Waals surface area (Å²) >= 11 is 0. The van der Waals surface area contributed by atoms with Gasteiger partial charge in [-0.15, -0.1) is 0 Å². The SMILES string of the molecule is CC12[C@@H]3C4CC5[C@@H]3C1(C)[C@@H]5[C@H]42. The summed E-state index contributed by atoms with van der Waals surface area (Å²) in [5, 5.41) is 0. The van der Waals surface area contributed by atoms with Gasteiger partial charge in [0, 0.05) is 0 Å². The maximum atomic E-state index is 2.59. The fourth-order valence-electron chi connectivity index (χ4n) is 7.13. The lowest BCUT2D eigenvalue weighted by Crippen LogP contribution is -2.93. The van der Waals surface area contributed by atoms with E-state index in [1.54, 1.807) is 6.42 Å². The predicted molar refractivity (Wildman–Crippen MR) is 41.8 cm³/mol. The Morgan fingerprint density at radius 1 is 0.818 bits per heavy atom. The third-order valence-electron chi connectivity index (χ3n) is 7.09. The van der Waals surface area contributed by atoms with Gasteiger partial charge >= 0.3 is 0 Å². The van der Waals surface area contributed by atoms with Crippen molar-refractivity contribution < 1.29 is 0 Å². The highest BCUT2D eigenvalue weighted by Gasteiger charge is 3.00. The lowest BCUT2D eigenvalue weighted by atomic mass is 9.08. The van der Waals surface area contributed by atoms with Gasteiger partial charge in [-0.2, -0.15) is 0 Å². The summed E-state index contributed by atoms with van der Waals surface area (Å²) in [4.78, 5) is 0. The van der Waals surface area contributed by atoms with Crippen LogP contribution in [0.3, 0.4) is 0 Å². The molecule has 0 amide bonds. The van der Waals surface area contributed by atoms with E-state index in [-0.39, 0.29) is 0 Å². The van der Waals surface area contributed by atoms with Gasteiger partial charge < -0.3 is 0 Å². The first-order chi connectivity index (χ1) is 5.22. The zero-order chi connectivity index (χ0) is 7.17. The van der Waals surface area contributed by atoms with E-state index in [1.165, 1.54) is 35.5 Å². The van der Waals surface area contributed by atoms with Crippen molar-refractivity contribution in [1.29, 1.82) is 0 Å². The lowest BCUT2D eigenvalue weighted by Gasteiger charge is -2.96. The van der Waals surface area contributed by atoms with Gasteiger partial charge in [0.15, 0.2) is 0 Å². The largest absolute Gasteiger partial charge is 0.0585 e. The van der Waals surface area contributed by atoms with Crippen LogP contribution < -0.4 is 0 Å². The molecule has 0 heterocycles. The molecule has 4 unspecified atom stereocenters. The van der Waals surface area contributed by atoms with E-state index in [0.717, 1.165) is 10.8 Å². The lowest BCUT2D eigenvalue weighted by molar-refractivity contribution is -0.498. The standard InChI is InChI=1S/C11H14/c1-10-6-4-3-5-8(6)11(10,2)9(5)7(4)10/h4-9H,3H2,1-2H3/t4?,5?,6-,7-,8-,9+,10?,11?/m0/s1. The minimum atomic E-state index is 0.889. The van der Waals surface area contributed by atoms with Gasteiger partial charge in [0.1, 0.15) is 0 Å². The van der Waals surface area contributed by atoms with Gasteiger partial charge in [-0.3, -0.25) is 0 Å². The Labute approximate surface area is 67.4 Å². The Balaban J connectivity index is 1.89. The van der Waals surface area contributed by atoms with Gasteiger partial charge in [0.2, 0.25) is 0 Å². The van der Waals surface area contributed by atoms with E-state index in [0.29, 0.717) is 0 Å². The summed E-state index contributed by atoms with van der Waals surface area (Å²) in [6.45, 7) is 5.18. The normalized spacial score (nSPS) is 96.5. The van der Waals surface area contributed by atoms with Crippen LogP contribution in [0.4, 0.5) is 0 Å². The average molecular weight is 146 g/mol. The van der Waals surface area contributed by atoms with Crippen molar-refractivity contribution in [3.05, 3.63) is 0 Å². The van der Waals surface area contributed by atoms with Crippen LogP contribution in [0, 0.1) is 46.3 Å². The number of hydrogen-bond donors (Lipinski definition) is 0. The minimum Gasteiger partial charge on any atom is -0.0585 e. The van der Waals surface area contributed by atoms with Crippen molar-refractivity contribution in [2.75, 3.05) is 0 Å². The molecule has 11 heavy (non-hydrogen) atoms. The van der Waals surface area contributed by atoms with Crippen LogP contribution in [0.2, 0.25) is 0 Å². The Kier molecular flexibility index (Phi) is 0.375. The molecule has 58 valence electrons. The maximum absolute atomic E-state index is 2.59. The summed E-state index contributed by atoms with van der Waals surface area (Å²) < 4.78 is 0. The molecule has 2 bridgehead atoms. The zero-order valence-corrected chi connectivity index (χ0v) is 7.17. The number of rotatable bonds is 0. The molecule has 6 aliphatic rings. The molecule has 6 fully saturated rings. The van der Waals surface area contributed by atoms with E-state index in [4.69, 9.17) is 0 Å². The van der Waals surface area contributed by atoms with Crippen LogP contribution in [0.1, 0.15) is 20.3 Å². The highest BCUT2D eigenvalue weighted by molar-refractivity contribution is 5.47. The molecule has 8 atom stereocenters. The minimum absolute atomic E-state index is 0.889. The third kappa shape index (κ3) is 0.172. The second-order valence-electron chi connectivity index (χ2n) is 6.23. The molecule has 0 N–H and O–H groups in total. The number of hydrogen-bond acceptors (Lipinski definition) is 0. The molecule has 0 radical (unpaired) electrons. The molecule has 6 saturated carbocycles. The molecule has 6 rings (SSSR count). The highest BCUT2D eigenvalue weighted by Crippen LogP contribution is 3.04. The molecule has 0 aromatic heterocycles. The summed E-state index contributed by atoms with van der Waals surface area (Å²) in [6, 6.07) is 0. The Hall–Kier alpha value is 0. The molecule has 0 aromatic rings. The van der Waals surface area contributed by atoms with Crippen LogP contribution in [-0.4, -0.2) is 0 Å². The summed E-state index contributed by atoms with van der Waals surface area (Å²) in [5.41, 5.74) is 1.78. The van der Waals surface area contributed by atoms with Gasteiger partial charge in [-0.25, -0.2) is 0 Å². The van der Waals surface area contributed by atoms with Gasteiger partial charge in [0.05, 0.1) is 0 Å².